The Labute approximate surface area is 153 Å². The lowest BCUT2D eigenvalue weighted by Crippen LogP contribution is -2.29. The van der Waals surface area contributed by atoms with E-state index < -0.39 is 0 Å². The molecule has 2 aromatic carbocycles. The number of nitrogens with zero attached hydrogens (tertiary/aromatic N) is 1. The molecule has 1 heterocycles. The summed E-state index contributed by atoms with van der Waals surface area (Å²) in [4.78, 5) is 15.8. The van der Waals surface area contributed by atoms with Crippen molar-refractivity contribution in [2.45, 2.75) is 25.8 Å². The van der Waals surface area contributed by atoms with Gasteiger partial charge in [0.2, 0.25) is 0 Å². The van der Waals surface area contributed by atoms with Gasteiger partial charge in [0.25, 0.3) is 5.91 Å². The number of carbonyl (C=O) groups is 1. The highest BCUT2D eigenvalue weighted by atomic mass is 16.1. The van der Waals surface area contributed by atoms with Crippen LogP contribution in [0.1, 0.15) is 36.9 Å². The first-order valence-electron chi connectivity index (χ1n) is 8.76. The van der Waals surface area contributed by atoms with E-state index in [0.29, 0.717) is 0 Å². The van der Waals surface area contributed by atoms with Gasteiger partial charge in [-0.05, 0) is 24.1 Å². The smallest absolute Gasteiger partial charge is 0.262 e. The number of rotatable bonds is 6. The third-order valence-corrected chi connectivity index (χ3v) is 4.37. The van der Waals surface area contributed by atoms with E-state index in [0.717, 1.165) is 34.9 Å². The highest BCUT2D eigenvalue weighted by Crippen LogP contribution is 2.22. The summed E-state index contributed by atoms with van der Waals surface area (Å²) in [5.41, 5.74) is 2.96. The van der Waals surface area contributed by atoms with Gasteiger partial charge in [0.1, 0.15) is 11.6 Å². The molecular formula is C22H21N3O. The first kappa shape index (κ1) is 17.5. The van der Waals surface area contributed by atoms with Crippen LogP contribution in [0.5, 0.6) is 0 Å². The molecule has 0 aliphatic heterocycles. The lowest BCUT2D eigenvalue weighted by Gasteiger charge is -2.18. The van der Waals surface area contributed by atoms with Crippen LogP contribution in [0.25, 0.3) is 17.0 Å². The number of nitriles is 1. The Morgan fingerprint density at radius 3 is 2.65 bits per heavy atom. The molecule has 4 nitrogen and oxygen atoms in total. The molecular weight excluding hydrogens is 322 g/mol. The fourth-order valence-corrected chi connectivity index (χ4v) is 3.05. The maximum absolute atomic E-state index is 12.7. The van der Waals surface area contributed by atoms with Crippen LogP contribution in [0, 0.1) is 11.3 Å². The van der Waals surface area contributed by atoms with Crippen molar-refractivity contribution < 1.29 is 4.79 Å². The number of H-pyrrole nitrogens is 1. The molecule has 0 saturated heterocycles. The molecule has 0 aliphatic carbocycles. The average Bonchev–Trinajstić information content (AvgIpc) is 3.09. The summed E-state index contributed by atoms with van der Waals surface area (Å²) < 4.78 is 0. The van der Waals surface area contributed by atoms with Crippen molar-refractivity contribution >= 4 is 22.9 Å². The molecule has 1 amide bonds. The maximum atomic E-state index is 12.7. The first-order valence-corrected chi connectivity index (χ1v) is 8.76. The zero-order valence-corrected chi connectivity index (χ0v) is 14.7. The van der Waals surface area contributed by atoms with Crippen molar-refractivity contribution in [3.05, 3.63) is 77.5 Å². The van der Waals surface area contributed by atoms with E-state index in [2.05, 4.69) is 17.2 Å². The van der Waals surface area contributed by atoms with Crippen LogP contribution in [-0.2, 0) is 4.79 Å². The topological polar surface area (TPSA) is 68.7 Å². The van der Waals surface area contributed by atoms with Crippen molar-refractivity contribution in [2.75, 3.05) is 0 Å². The lowest BCUT2D eigenvalue weighted by atomic mass is 10.0. The van der Waals surface area contributed by atoms with Crippen molar-refractivity contribution in [2.24, 2.45) is 0 Å². The number of amides is 1. The quantitative estimate of drug-likeness (QED) is 0.502. The number of hydrogen-bond donors (Lipinski definition) is 2. The molecule has 3 rings (SSSR count). The molecule has 0 spiro atoms. The third-order valence-electron chi connectivity index (χ3n) is 4.37. The van der Waals surface area contributed by atoms with Gasteiger partial charge >= 0.3 is 0 Å². The fraction of sp³-hybridized carbons (Fsp3) is 0.182. The molecule has 1 aromatic heterocycles. The first-order chi connectivity index (χ1) is 12.7. The summed E-state index contributed by atoms with van der Waals surface area (Å²) in [6.45, 7) is 2.08. The molecule has 0 unspecified atom stereocenters. The van der Waals surface area contributed by atoms with Gasteiger partial charge in [0.05, 0.1) is 6.04 Å². The average molecular weight is 343 g/mol. The second-order valence-electron chi connectivity index (χ2n) is 6.18. The summed E-state index contributed by atoms with van der Waals surface area (Å²) >= 11 is 0. The summed E-state index contributed by atoms with van der Waals surface area (Å²) in [6, 6.07) is 19.6. The Hall–Kier alpha value is -3.32. The summed E-state index contributed by atoms with van der Waals surface area (Å²) in [7, 11) is 0. The van der Waals surface area contributed by atoms with E-state index >= 15 is 0 Å². The Kier molecular flexibility index (Phi) is 5.50. The van der Waals surface area contributed by atoms with Gasteiger partial charge in [-0.1, -0.05) is 61.9 Å². The Morgan fingerprint density at radius 1 is 1.19 bits per heavy atom. The van der Waals surface area contributed by atoms with Crippen LogP contribution in [0.3, 0.4) is 0 Å². The molecule has 4 heteroatoms. The second kappa shape index (κ2) is 8.17. The molecule has 0 fully saturated rings. The predicted molar refractivity (Wildman–Crippen MR) is 104 cm³/mol. The minimum Gasteiger partial charge on any atom is -0.361 e. The molecule has 130 valence electrons. The third kappa shape index (κ3) is 3.84. The van der Waals surface area contributed by atoms with Crippen LogP contribution in [0.4, 0.5) is 0 Å². The fourth-order valence-electron chi connectivity index (χ4n) is 3.05. The Bertz CT molecular complexity index is 964. The number of fused-ring (bicyclic) bond motifs is 1. The molecule has 3 aromatic rings. The molecule has 26 heavy (non-hydrogen) atoms. The summed E-state index contributed by atoms with van der Waals surface area (Å²) in [5.74, 6) is -0.347. The number of aromatic amines is 1. The van der Waals surface area contributed by atoms with Crippen molar-refractivity contribution in [3.63, 3.8) is 0 Å². The molecule has 1 atom stereocenters. The van der Waals surface area contributed by atoms with Crippen molar-refractivity contribution in [1.29, 1.82) is 5.26 Å². The van der Waals surface area contributed by atoms with Gasteiger partial charge in [-0.25, -0.2) is 0 Å². The van der Waals surface area contributed by atoms with E-state index in [1.165, 1.54) is 0 Å². The summed E-state index contributed by atoms with van der Waals surface area (Å²) in [6.07, 6.45) is 5.22. The van der Waals surface area contributed by atoms with E-state index in [4.69, 9.17) is 0 Å². The lowest BCUT2D eigenvalue weighted by molar-refractivity contribution is -0.117. The van der Waals surface area contributed by atoms with Crippen LogP contribution in [0.2, 0.25) is 0 Å². The van der Waals surface area contributed by atoms with E-state index in [9.17, 15) is 10.1 Å². The van der Waals surface area contributed by atoms with Gasteiger partial charge in [0, 0.05) is 22.7 Å². The van der Waals surface area contributed by atoms with Crippen molar-refractivity contribution in [1.82, 2.24) is 10.3 Å². The number of aromatic nitrogens is 1. The van der Waals surface area contributed by atoms with Gasteiger partial charge in [0.15, 0.2) is 0 Å². The highest BCUT2D eigenvalue weighted by Gasteiger charge is 2.17. The normalized spacial score (nSPS) is 12.5. The van der Waals surface area contributed by atoms with Gasteiger partial charge in [-0.15, -0.1) is 0 Å². The number of benzene rings is 2. The SMILES string of the molecule is CCC[C@H](NC(=O)C(C#N)=Cc1c[nH]c2ccccc12)c1ccccc1. The van der Waals surface area contributed by atoms with Crippen LogP contribution >= 0.6 is 0 Å². The zero-order valence-electron chi connectivity index (χ0n) is 14.7. The molecule has 2 N–H and O–H groups in total. The number of nitrogens with one attached hydrogen (secondary N) is 2. The van der Waals surface area contributed by atoms with Crippen molar-refractivity contribution in [3.8, 4) is 6.07 Å². The minimum atomic E-state index is -0.347. The van der Waals surface area contributed by atoms with Gasteiger partial charge in [-0.2, -0.15) is 5.26 Å². The molecule has 0 radical (unpaired) electrons. The Morgan fingerprint density at radius 2 is 1.92 bits per heavy atom. The highest BCUT2D eigenvalue weighted by molar-refractivity contribution is 6.04. The largest absolute Gasteiger partial charge is 0.361 e. The predicted octanol–water partition coefficient (Wildman–Crippen LogP) is 4.73. The monoisotopic (exact) mass is 343 g/mol. The Balaban J connectivity index is 1.85. The zero-order chi connectivity index (χ0) is 18.4. The molecule has 0 bridgehead atoms. The summed E-state index contributed by atoms with van der Waals surface area (Å²) in [5, 5.41) is 13.5. The van der Waals surface area contributed by atoms with Gasteiger partial charge in [-0.3, -0.25) is 4.79 Å². The van der Waals surface area contributed by atoms with E-state index in [1.54, 1.807) is 6.08 Å². The van der Waals surface area contributed by atoms with E-state index in [-0.39, 0.29) is 17.5 Å². The molecule has 0 aliphatic rings. The standard InChI is InChI=1S/C22H21N3O/c1-2-8-20(16-9-4-3-5-10-16)25-22(26)17(14-23)13-18-15-24-21-12-7-6-11-19(18)21/h3-7,9-13,15,20,24H,2,8H2,1H3,(H,25,26)/t20-/m0/s1. The minimum absolute atomic E-state index is 0.103. The second-order valence-corrected chi connectivity index (χ2v) is 6.18. The van der Waals surface area contributed by atoms with Gasteiger partial charge < -0.3 is 10.3 Å². The van der Waals surface area contributed by atoms with E-state index in [1.807, 2.05) is 66.9 Å². The maximum Gasteiger partial charge on any atom is 0.262 e. The number of hydrogen-bond acceptors (Lipinski definition) is 2. The number of para-hydroxylation sites is 1. The van der Waals surface area contributed by atoms with Crippen LogP contribution < -0.4 is 5.32 Å². The number of carbonyl (C=O) groups excluding carboxylic acids is 1. The van der Waals surface area contributed by atoms with Crippen LogP contribution in [0.15, 0.2) is 66.4 Å². The van der Waals surface area contributed by atoms with Crippen LogP contribution in [-0.4, -0.2) is 10.9 Å². The molecule has 0 saturated carbocycles.